The van der Waals surface area contributed by atoms with Crippen molar-refractivity contribution in [3.8, 4) is 0 Å². The van der Waals surface area contributed by atoms with Crippen molar-refractivity contribution in [2.24, 2.45) is 0 Å². The summed E-state index contributed by atoms with van der Waals surface area (Å²) in [5, 5.41) is 11.2. The van der Waals surface area contributed by atoms with Crippen molar-refractivity contribution in [2.45, 2.75) is 45.3 Å². The first-order valence-electron chi connectivity index (χ1n) is 4.91. The lowest BCUT2D eigenvalue weighted by molar-refractivity contribution is -0.141. The van der Waals surface area contributed by atoms with Crippen molar-refractivity contribution < 1.29 is 19.4 Å². The van der Waals surface area contributed by atoms with E-state index in [0.29, 0.717) is 6.42 Å². The van der Waals surface area contributed by atoms with E-state index >= 15 is 0 Å². The quantitative estimate of drug-likeness (QED) is 0.689. The summed E-state index contributed by atoms with van der Waals surface area (Å²) in [5.41, 5.74) is -0.925. The molecule has 0 aromatic rings. The summed E-state index contributed by atoms with van der Waals surface area (Å²) in [4.78, 5) is 22.1. The largest absolute Gasteiger partial charge is 0.481 e. The summed E-state index contributed by atoms with van der Waals surface area (Å²) in [7, 11) is 1.44. The minimum absolute atomic E-state index is 0.0674. The minimum atomic E-state index is -0.925. The minimum Gasteiger partial charge on any atom is -0.481 e. The first kappa shape index (κ1) is 13.9. The topological polar surface area (TPSA) is 75.6 Å². The molecule has 5 nitrogen and oxygen atoms in total. The number of carboxylic acids is 1. The second-order valence-electron chi connectivity index (χ2n) is 3.89. The van der Waals surface area contributed by atoms with Gasteiger partial charge in [-0.3, -0.25) is 9.59 Å². The molecule has 2 N–H and O–H groups in total. The third kappa shape index (κ3) is 4.78. The van der Waals surface area contributed by atoms with Gasteiger partial charge in [0, 0.05) is 13.2 Å². The predicted molar refractivity (Wildman–Crippen MR) is 55.6 cm³/mol. The second-order valence-corrected chi connectivity index (χ2v) is 3.89. The van der Waals surface area contributed by atoms with E-state index in [1.165, 1.54) is 7.11 Å². The molecule has 0 aliphatic rings. The summed E-state index contributed by atoms with van der Waals surface area (Å²) in [6, 6.07) is -0.343. The Morgan fingerprint density at radius 1 is 1.47 bits per heavy atom. The number of carboxylic acid groups (broad SMARTS) is 1. The van der Waals surface area contributed by atoms with Gasteiger partial charge in [-0.2, -0.15) is 0 Å². The smallest absolute Gasteiger partial charge is 0.305 e. The van der Waals surface area contributed by atoms with Crippen LogP contribution in [0.15, 0.2) is 0 Å². The number of carbonyl (C=O) groups excluding carboxylic acids is 1. The molecule has 0 aliphatic heterocycles. The van der Waals surface area contributed by atoms with E-state index in [9.17, 15) is 9.59 Å². The Kier molecular flexibility index (Phi) is 5.28. The lowest BCUT2D eigenvalue weighted by Gasteiger charge is -2.25. The van der Waals surface area contributed by atoms with E-state index < -0.39 is 11.6 Å². The van der Waals surface area contributed by atoms with Crippen LogP contribution in [0.25, 0.3) is 0 Å². The Bertz CT molecular complexity index is 238. The van der Waals surface area contributed by atoms with Crippen LogP contribution in [0.3, 0.4) is 0 Å². The van der Waals surface area contributed by atoms with Gasteiger partial charge in [0.2, 0.25) is 0 Å². The highest BCUT2D eigenvalue weighted by atomic mass is 16.5. The second kappa shape index (κ2) is 5.70. The van der Waals surface area contributed by atoms with Crippen molar-refractivity contribution >= 4 is 11.9 Å². The molecule has 0 bridgehead atoms. The van der Waals surface area contributed by atoms with Gasteiger partial charge in [0.1, 0.15) is 5.60 Å². The molecule has 0 fully saturated rings. The SMILES string of the molecule is CCC(CC(=O)O)NC(=O)C(C)(C)OC. The number of carbonyl (C=O) groups is 2. The van der Waals surface area contributed by atoms with Crippen LogP contribution in [-0.2, 0) is 14.3 Å². The van der Waals surface area contributed by atoms with Gasteiger partial charge in [-0.05, 0) is 20.3 Å². The van der Waals surface area contributed by atoms with Crippen LogP contribution in [0, 0.1) is 0 Å². The highest BCUT2D eigenvalue weighted by molar-refractivity contribution is 5.85. The first-order chi connectivity index (χ1) is 6.83. The summed E-state index contributed by atoms with van der Waals surface area (Å²) < 4.78 is 4.99. The standard InChI is InChI=1S/C10H19NO4/c1-5-7(6-8(12)13)11-9(14)10(2,3)15-4/h7H,5-6H2,1-4H3,(H,11,14)(H,12,13). The number of methoxy groups -OCH3 is 1. The molecule has 0 spiro atoms. The number of aliphatic carboxylic acids is 1. The summed E-state index contributed by atoms with van der Waals surface area (Å²) >= 11 is 0. The Morgan fingerprint density at radius 3 is 2.33 bits per heavy atom. The van der Waals surface area contributed by atoms with Crippen LogP contribution in [0.1, 0.15) is 33.6 Å². The van der Waals surface area contributed by atoms with Gasteiger partial charge in [-0.1, -0.05) is 6.92 Å². The summed E-state index contributed by atoms with van der Waals surface area (Å²) in [5.74, 6) is -1.21. The highest BCUT2D eigenvalue weighted by Gasteiger charge is 2.28. The molecule has 88 valence electrons. The molecule has 1 amide bonds. The molecule has 0 radical (unpaired) electrons. The fourth-order valence-electron chi connectivity index (χ4n) is 0.960. The number of amides is 1. The van der Waals surface area contributed by atoms with Crippen molar-refractivity contribution in [1.82, 2.24) is 5.32 Å². The fraction of sp³-hybridized carbons (Fsp3) is 0.800. The van der Waals surface area contributed by atoms with Gasteiger partial charge in [-0.15, -0.1) is 0 Å². The van der Waals surface area contributed by atoms with E-state index in [0.717, 1.165) is 0 Å². The maximum atomic E-state index is 11.6. The zero-order valence-corrected chi connectivity index (χ0v) is 9.66. The van der Waals surface area contributed by atoms with E-state index in [1.54, 1.807) is 13.8 Å². The molecule has 1 atom stereocenters. The van der Waals surface area contributed by atoms with Gasteiger partial charge >= 0.3 is 5.97 Å². The number of hydrogen-bond donors (Lipinski definition) is 2. The normalized spacial score (nSPS) is 13.3. The average molecular weight is 217 g/mol. The lowest BCUT2D eigenvalue weighted by atomic mass is 10.1. The van der Waals surface area contributed by atoms with Gasteiger partial charge in [-0.25, -0.2) is 0 Å². The molecule has 5 heteroatoms. The van der Waals surface area contributed by atoms with E-state index in [1.807, 2.05) is 6.92 Å². The predicted octanol–water partition coefficient (Wildman–Crippen LogP) is 0.781. The molecule has 0 saturated carbocycles. The molecule has 0 rings (SSSR count). The maximum Gasteiger partial charge on any atom is 0.305 e. The highest BCUT2D eigenvalue weighted by Crippen LogP contribution is 2.09. The van der Waals surface area contributed by atoms with Crippen LogP contribution < -0.4 is 5.32 Å². The molecule has 15 heavy (non-hydrogen) atoms. The van der Waals surface area contributed by atoms with Crippen LogP contribution in [-0.4, -0.2) is 35.7 Å². The van der Waals surface area contributed by atoms with Gasteiger partial charge < -0.3 is 15.2 Å². The fourth-order valence-corrected chi connectivity index (χ4v) is 0.960. The number of hydrogen-bond acceptors (Lipinski definition) is 3. The number of ether oxygens (including phenoxy) is 1. The van der Waals surface area contributed by atoms with Crippen LogP contribution >= 0.6 is 0 Å². The monoisotopic (exact) mass is 217 g/mol. The summed E-state index contributed by atoms with van der Waals surface area (Å²) in [6.45, 7) is 5.10. The van der Waals surface area contributed by atoms with Crippen molar-refractivity contribution in [3.63, 3.8) is 0 Å². The molecule has 0 aromatic carbocycles. The number of nitrogens with one attached hydrogen (secondary N) is 1. The Hall–Kier alpha value is -1.10. The lowest BCUT2D eigenvalue weighted by Crippen LogP contribution is -2.48. The third-order valence-electron chi connectivity index (χ3n) is 2.31. The van der Waals surface area contributed by atoms with Crippen LogP contribution in [0.2, 0.25) is 0 Å². The molecular weight excluding hydrogens is 198 g/mol. The van der Waals surface area contributed by atoms with Crippen molar-refractivity contribution in [3.05, 3.63) is 0 Å². The number of rotatable bonds is 6. The zero-order valence-electron chi connectivity index (χ0n) is 9.66. The van der Waals surface area contributed by atoms with Crippen LogP contribution in [0.5, 0.6) is 0 Å². The van der Waals surface area contributed by atoms with E-state index in [4.69, 9.17) is 9.84 Å². The van der Waals surface area contributed by atoms with E-state index in [2.05, 4.69) is 5.32 Å². The molecular formula is C10H19NO4. The van der Waals surface area contributed by atoms with Gasteiger partial charge in [0.25, 0.3) is 5.91 Å². The zero-order chi connectivity index (χ0) is 12.1. The summed E-state index contributed by atoms with van der Waals surface area (Å²) in [6.07, 6.45) is 0.514. The molecule has 0 heterocycles. The first-order valence-corrected chi connectivity index (χ1v) is 4.91. The Balaban J connectivity index is 4.30. The maximum absolute atomic E-state index is 11.6. The van der Waals surface area contributed by atoms with E-state index in [-0.39, 0.29) is 18.4 Å². The Morgan fingerprint density at radius 2 is 2.00 bits per heavy atom. The molecule has 0 aromatic heterocycles. The van der Waals surface area contributed by atoms with Crippen molar-refractivity contribution in [1.29, 1.82) is 0 Å². The van der Waals surface area contributed by atoms with Crippen LogP contribution in [0.4, 0.5) is 0 Å². The average Bonchev–Trinajstić information content (AvgIpc) is 2.15. The molecule has 0 saturated heterocycles. The molecule has 1 unspecified atom stereocenters. The third-order valence-corrected chi connectivity index (χ3v) is 2.31. The molecule has 0 aliphatic carbocycles. The van der Waals surface area contributed by atoms with Gasteiger partial charge in [0.15, 0.2) is 0 Å². The Labute approximate surface area is 89.8 Å². The van der Waals surface area contributed by atoms with Crippen molar-refractivity contribution in [2.75, 3.05) is 7.11 Å². The van der Waals surface area contributed by atoms with Gasteiger partial charge in [0.05, 0.1) is 6.42 Å².